The molecule has 148 valence electrons. The number of nitrogens with zero attached hydrogens (tertiary/aromatic N) is 3. The smallest absolute Gasteiger partial charge is 0.233 e. The lowest BCUT2D eigenvalue weighted by Crippen LogP contribution is -2.32. The number of para-hydroxylation sites is 1. The summed E-state index contributed by atoms with van der Waals surface area (Å²) in [6, 6.07) is 14.0. The van der Waals surface area contributed by atoms with Gasteiger partial charge in [0.25, 0.3) is 0 Å². The van der Waals surface area contributed by atoms with Crippen LogP contribution in [0.15, 0.2) is 53.8 Å². The molecular formula is C22H21N3O3S. The van der Waals surface area contributed by atoms with Gasteiger partial charge in [-0.15, -0.1) is 0 Å². The Kier molecular flexibility index (Phi) is 4.97. The zero-order valence-corrected chi connectivity index (χ0v) is 16.7. The fraction of sp³-hybridized carbons (Fsp3) is 0.318. The molecule has 3 heterocycles. The van der Waals surface area contributed by atoms with Crippen molar-refractivity contribution in [2.45, 2.75) is 23.9 Å². The SMILES string of the molecule is O=C(CSc1ncnc2ccccc12)N1CCC[C@@H]1c1ccc2c(c1)OCCO2. The van der Waals surface area contributed by atoms with Crippen LogP contribution in [0.2, 0.25) is 0 Å². The number of hydrogen-bond donors (Lipinski definition) is 0. The quantitative estimate of drug-likeness (QED) is 0.483. The molecule has 5 rings (SSSR count). The number of hydrogen-bond acceptors (Lipinski definition) is 6. The average Bonchev–Trinajstić information content (AvgIpc) is 3.27. The van der Waals surface area contributed by atoms with E-state index in [1.165, 1.54) is 11.8 Å². The third kappa shape index (κ3) is 3.62. The van der Waals surface area contributed by atoms with Crippen LogP contribution in [0.4, 0.5) is 0 Å². The topological polar surface area (TPSA) is 64.6 Å². The predicted molar refractivity (Wildman–Crippen MR) is 111 cm³/mol. The monoisotopic (exact) mass is 407 g/mol. The van der Waals surface area contributed by atoms with Crippen LogP contribution in [0.25, 0.3) is 10.9 Å². The molecule has 0 unspecified atom stereocenters. The van der Waals surface area contributed by atoms with Crippen LogP contribution < -0.4 is 9.47 Å². The highest BCUT2D eigenvalue weighted by Crippen LogP contribution is 2.38. The summed E-state index contributed by atoms with van der Waals surface area (Å²) < 4.78 is 11.3. The maximum Gasteiger partial charge on any atom is 0.233 e. The van der Waals surface area contributed by atoms with E-state index in [1.54, 1.807) is 6.33 Å². The number of likely N-dealkylation sites (tertiary alicyclic amines) is 1. The lowest BCUT2D eigenvalue weighted by Gasteiger charge is -2.26. The molecule has 2 aliphatic heterocycles. The summed E-state index contributed by atoms with van der Waals surface area (Å²) in [7, 11) is 0. The molecule has 1 amide bonds. The second-order valence-electron chi connectivity index (χ2n) is 7.13. The zero-order valence-electron chi connectivity index (χ0n) is 15.9. The summed E-state index contributed by atoms with van der Waals surface area (Å²) >= 11 is 1.48. The number of carbonyl (C=O) groups excluding carboxylic acids is 1. The Morgan fingerprint density at radius 3 is 2.90 bits per heavy atom. The molecule has 1 fully saturated rings. The summed E-state index contributed by atoms with van der Waals surface area (Å²) in [5.74, 6) is 2.05. The molecule has 2 aromatic carbocycles. The molecule has 7 heteroatoms. The fourth-order valence-corrected chi connectivity index (χ4v) is 4.86. The van der Waals surface area contributed by atoms with Gasteiger partial charge < -0.3 is 14.4 Å². The van der Waals surface area contributed by atoms with Crippen molar-refractivity contribution in [3.63, 3.8) is 0 Å². The lowest BCUT2D eigenvalue weighted by molar-refractivity contribution is -0.129. The van der Waals surface area contributed by atoms with Crippen LogP contribution in [-0.2, 0) is 4.79 Å². The van der Waals surface area contributed by atoms with E-state index in [9.17, 15) is 4.79 Å². The highest BCUT2D eigenvalue weighted by atomic mass is 32.2. The van der Waals surface area contributed by atoms with E-state index in [0.29, 0.717) is 19.0 Å². The molecule has 3 aromatic rings. The molecule has 6 nitrogen and oxygen atoms in total. The number of rotatable bonds is 4. The third-order valence-corrected chi connectivity index (χ3v) is 6.35. The number of aromatic nitrogens is 2. The highest BCUT2D eigenvalue weighted by Gasteiger charge is 2.31. The van der Waals surface area contributed by atoms with E-state index in [-0.39, 0.29) is 11.9 Å². The van der Waals surface area contributed by atoms with Crippen LogP contribution in [0.5, 0.6) is 11.5 Å². The Morgan fingerprint density at radius 2 is 1.97 bits per heavy atom. The molecule has 29 heavy (non-hydrogen) atoms. The molecule has 1 aromatic heterocycles. The van der Waals surface area contributed by atoms with Crippen molar-refractivity contribution in [2.24, 2.45) is 0 Å². The number of fused-ring (bicyclic) bond motifs is 2. The van der Waals surface area contributed by atoms with Gasteiger partial charge in [-0.2, -0.15) is 0 Å². The van der Waals surface area contributed by atoms with Gasteiger partial charge in [-0.25, -0.2) is 9.97 Å². The minimum absolute atomic E-state index is 0.0843. The van der Waals surface area contributed by atoms with E-state index in [0.717, 1.165) is 52.4 Å². The zero-order chi connectivity index (χ0) is 19.6. The van der Waals surface area contributed by atoms with Gasteiger partial charge in [-0.1, -0.05) is 36.0 Å². The van der Waals surface area contributed by atoms with E-state index in [2.05, 4.69) is 16.0 Å². The molecular weight excluding hydrogens is 386 g/mol. The van der Waals surface area contributed by atoms with Gasteiger partial charge in [0, 0.05) is 11.9 Å². The first-order valence-electron chi connectivity index (χ1n) is 9.81. The fourth-order valence-electron chi connectivity index (χ4n) is 3.99. The Balaban J connectivity index is 1.31. The first-order valence-corrected chi connectivity index (χ1v) is 10.8. The van der Waals surface area contributed by atoms with Crippen LogP contribution >= 0.6 is 11.8 Å². The molecule has 0 spiro atoms. The van der Waals surface area contributed by atoms with Crippen LogP contribution in [0, 0.1) is 0 Å². The molecule has 2 aliphatic rings. The first-order chi connectivity index (χ1) is 14.3. The molecule has 0 radical (unpaired) electrons. The van der Waals surface area contributed by atoms with Gasteiger partial charge in [-0.05, 0) is 36.6 Å². The standard InChI is InChI=1S/C22H21N3O3S/c26-21(13-29-22-16-4-1-2-5-17(16)23-14-24-22)25-9-3-6-18(25)15-7-8-19-20(12-15)28-11-10-27-19/h1-2,4-5,7-8,12,14,18H,3,6,9-11,13H2/t18-/m1/s1. The van der Waals surface area contributed by atoms with Crippen LogP contribution in [0.3, 0.4) is 0 Å². The number of thioether (sulfide) groups is 1. The summed E-state index contributed by atoms with van der Waals surface area (Å²) in [5.41, 5.74) is 2.00. The Bertz CT molecular complexity index is 1050. The van der Waals surface area contributed by atoms with Gasteiger partial charge in [-0.3, -0.25) is 4.79 Å². The second-order valence-corrected chi connectivity index (χ2v) is 8.10. The minimum atomic E-state index is 0.0843. The first kappa shape index (κ1) is 18.2. The lowest BCUT2D eigenvalue weighted by atomic mass is 10.0. The second kappa shape index (κ2) is 7.91. The van der Waals surface area contributed by atoms with Crippen molar-refractivity contribution in [2.75, 3.05) is 25.5 Å². The maximum absolute atomic E-state index is 13.0. The van der Waals surface area contributed by atoms with Crippen molar-refractivity contribution in [3.8, 4) is 11.5 Å². The highest BCUT2D eigenvalue weighted by molar-refractivity contribution is 8.00. The van der Waals surface area contributed by atoms with Crippen LogP contribution in [-0.4, -0.2) is 46.3 Å². The Labute approximate surface area is 173 Å². The summed E-state index contributed by atoms with van der Waals surface area (Å²) in [5, 5.41) is 1.83. The van der Waals surface area contributed by atoms with Crippen molar-refractivity contribution >= 4 is 28.6 Å². The molecule has 0 bridgehead atoms. The van der Waals surface area contributed by atoms with Crippen LogP contribution in [0.1, 0.15) is 24.4 Å². The van der Waals surface area contributed by atoms with E-state index in [4.69, 9.17) is 9.47 Å². The van der Waals surface area contributed by atoms with Crippen molar-refractivity contribution < 1.29 is 14.3 Å². The van der Waals surface area contributed by atoms with Crippen molar-refractivity contribution in [1.29, 1.82) is 0 Å². The molecule has 0 saturated carbocycles. The summed E-state index contributed by atoms with van der Waals surface area (Å²) in [6.45, 7) is 1.92. The predicted octanol–water partition coefficient (Wildman–Crippen LogP) is 3.86. The van der Waals surface area contributed by atoms with Gasteiger partial charge in [0.05, 0.1) is 17.3 Å². The largest absolute Gasteiger partial charge is 0.486 e. The van der Waals surface area contributed by atoms with Gasteiger partial charge in [0.2, 0.25) is 5.91 Å². The average molecular weight is 407 g/mol. The number of ether oxygens (including phenoxy) is 2. The van der Waals surface area contributed by atoms with Gasteiger partial charge >= 0.3 is 0 Å². The van der Waals surface area contributed by atoms with Gasteiger partial charge in [0.15, 0.2) is 11.5 Å². The number of carbonyl (C=O) groups is 1. The summed E-state index contributed by atoms with van der Waals surface area (Å²) in [4.78, 5) is 23.7. The third-order valence-electron chi connectivity index (χ3n) is 5.36. The minimum Gasteiger partial charge on any atom is -0.486 e. The summed E-state index contributed by atoms with van der Waals surface area (Å²) in [6.07, 6.45) is 3.53. The van der Waals surface area contributed by atoms with E-state index < -0.39 is 0 Å². The molecule has 1 atom stereocenters. The Morgan fingerprint density at radius 1 is 1.10 bits per heavy atom. The van der Waals surface area contributed by atoms with E-state index >= 15 is 0 Å². The molecule has 0 N–H and O–H groups in total. The van der Waals surface area contributed by atoms with Crippen molar-refractivity contribution in [3.05, 3.63) is 54.4 Å². The number of amides is 1. The molecule has 0 aliphatic carbocycles. The maximum atomic E-state index is 13.0. The van der Waals surface area contributed by atoms with Gasteiger partial charge in [0.1, 0.15) is 24.6 Å². The van der Waals surface area contributed by atoms with E-state index in [1.807, 2.05) is 41.3 Å². The van der Waals surface area contributed by atoms with Crippen molar-refractivity contribution in [1.82, 2.24) is 14.9 Å². The molecule has 1 saturated heterocycles. The normalized spacial score (nSPS) is 18.2. The Hall–Kier alpha value is -2.80. The number of benzene rings is 2.